The molecule has 0 bridgehead atoms. The first kappa shape index (κ1) is 7.56. The molecule has 2 heterocycles. The predicted octanol–water partition coefficient (Wildman–Crippen LogP) is 0.833. The smallest absolute Gasteiger partial charge is 0.0258 e. The first-order valence-corrected chi connectivity index (χ1v) is 4.85. The largest absolute Gasteiger partial charge is 0.313 e. The number of nitrogens with one attached hydrogen (secondary N) is 1. The second-order valence-electron chi connectivity index (χ2n) is 3.84. The van der Waals surface area contributed by atoms with Crippen molar-refractivity contribution in [3.05, 3.63) is 0 Å². The highest BCUT2D eigenvalue weighted by molar-refractivity contribution is 4.89. The fourth-order valence-corrected chi connectivity index (χ4v) is 2.42. The van der Waals surface area contributed by atoms with E-state index in [-0.39, 0.29) is 0 Å². The minimum Gasteiger partial charge on any atom is -0.313 e. The van der Waals surface area contributed by atoms with Gasteiger partial charge in [0, 0.05) is 12.1 Å². The van der Waals surface area contributed by atoms with Gasteiger partial charge < -0.3 is 5.32 Å². The van der Waals surface area contributed by atoms with Crippen LogP contribution in [0.15, 0.2) is 0 Å². The van der Waals surface area contributed by atoms with E-state index in [2.05, 4.69) is 17.1 Å². The van der Waals surface area contributed by atoms with E-state index < -0.39 is 0 Å². The normalized spacial score (nSPS) is 40.1. The summed E-state index contributed by atoms with van der Waals surface area (Å²) in [5.41, 5.74) is 0. The molecule has 2 rings (SSSR count). The lowest BCUT2D eigenvalue weighted by atomic mass is 10.1. The fourth-order valence-electron chi connectivity index (χ4n) is 2.42. The van der Waals surface area contributed by atoms with Crippen LogP contribution in [0.3, 0.4) is 0 Å². The van der Waals surface area contributed by atoms with Gasteiger partial charge in [0.05, 0.1) is 0 Å². The molecule has 11 heavy (non-hydrogen) atoms. The molecule has 0 aromatic rings. The molecule has 2 saturated heterocycles. The van der Waals surface area contributed by atoms with Gasteiger partial charge in [0.2, 0.25) is 0 Å². The van der Waals surface area contributed by atoms with Crippen molar-refractivity contribution in [1.29, 1.82) is 0 Å². The maximum absolute atomic E-state index is 3.50. The monoisotopic (exact) mass is 154 g/mol. The third kappa shape index (κ3) is 1.42. The molecule has 0 unspecified atom stereocenters. The molecule has 64 valence electrons. The van der Waals surface area contributed by atoms with Gasteiger partial charge in [0.15, 0.2) is 0 Å². The first-order chi connectivity index (χ1) is 5.38. The Hall–Kier alpha value is -0.0800. The van der Waals surface area contributed by atoms with Gasteiger partial charge in [-0.2, -0.15) is 0 Å². The average Bonchev–Trinajstić information content (AvgIpc) is 2.55. The standard InChI is InChI=1S/C9H18N2/c1-8-9(4-5-10-8)11-6-2-3-7-11/h8-10H,2-7H2,1H3/t8-,9+/m1/s1. The van der Waals surface area contributed by atoms with Gasteiger partial charge in [0.1, 0.15) is 0 Å². The molecule has 2 aliphatic heterocycles. The van der Waals surface area contributed by atoms with E-state index in [0.717, 1.165) is 12.1 Å². The number of likely N-dealkylation sites (tertiary alicyclic amines) is 1. The van der Waals surface area contributed by atoms with Crippen LogP contribution in [0.4, 0.5) is 0 Å². The quantitative estimate of drug-likeness (QED) is 0.602. The number of hydrogen-bond donors (Lipinski definition) is 1. The fraction of sp³-hybridized carbons (Fsp3) is 1.00. The van der Waals surface area contributed by atoms with Gasteiger partial charge in [-0.1, -0.05) is 0 Å². The lowest BCUT2D eigenvalue weighted by molar-refractivity contribution is 0.229. The van der Waals surface area contributed by atoms with Crippen LogP contribution in [0, 0.1) is 0 Å². The molecular formula is C9H18N2. The van der Waals surface area contributed by atoms with Crippen LogP contribution in [0.5, 0.6) is 0 Å². The molecule has 0 spiro atoms. The highest BCUT2D eigenvalue weighted by Gasteiger charge is 2.29. The highest BCUT2D eigenvalue weighted by atomic mass is 15.2. The molecule has 0 aromatic carbocycles. The summed E-state index contributed by atoms with van der Waals surface area (Å²) in [5.74, 6) is 0. The third-order valence-corrected chi connectivity index (χ3v) is 3.09. The molecule has 0 saturated carbocycles. The molecule has 0 radical (unpaired) electrons. The first-order valence-electron chi connectivity index (χ1n) is 4.85. The summed E-state index contributed by atoms with van der Waals surface area (Å²) in [6.07, 6.45) is 4.20. The van der Waals surface area contributed by atoms with Crippen molar-refractivity contribution < 1.29 is 0 Å². The molecule has 2 atom stereocenters. The van der Waals surface area contributed by atoms with E-state index in [1.165, 1.54) is 38.9 Å². The van der Waals surface area contributed by atoms with Crippen molar-refractivity contribution in [2.45, 2.75) is 38.3 Å². The van der Waals surface area contributed by atoms with Crippen LogP contribution < -0.4 is 5.32 Å². The van der Waals surface area contributed by atoms with Crippen LogP contribution in [0.2, 0.25) is 0 Å². The second-order valence-corrected chi connectivity index (χ2v) is 3.84. The Balaban J connectivity index is 1.92. The lowest BCUT2D eigenvalue weighted by Gasteiger charge is -2.26. The Bertz CT molecular complexity index is 130. The van der Waals surface area contributed by atoms with Crippen LogP contribution in [-0.4, -0.2) is 36.6 Å². The van der Waals surface area contributed by atoms with Crippen LogP contribution in [-0.2, 0) is 0 Å². The molecule has 0 aromatic heterocycles. The zero-order chi connectivity index (χ0) is 7.68. The summed E-state index contributed by atoms with van der Waals surface area (Å²) in [7, 11) is 0. The number of rotatable bonds is 1. The maximum Gasteiger partial charge on any atom is 0.0258 e. The Labute approximate surface area is 69.0 Å². The van der Waals surface area contributed by atoms with Crippen molar-refractivity contribution in [2.75, 3.05) is 19.6 Å². The van der Waals surface area contributed by atoms with Crippen molar-refractivity contribution in [3.63, 3.8) is 0 Å². The molecule has 2 fully saturated rings. The van der Waals surface area contributed by atoms with Crippen molar-refractivity contribution in [2.24, 2.45) is 0 Å². The summed E-state index contributed by atoms with van der Waals surface area (Å²) >= 11 is 0. The number of hydrogen-bond acceptors (Lipinski definition) is 2. The Morgan fingerprint density at radius 2 is 2.00 bits per heavy atom. The summed E-state index contributed by atoms with van der Waals surface area (Å²) in [4.78, 5) is 2.66. The molecule has 2 heteroatoms. The number of nitrogens with zero attached hydrogens (tertiary/aromatic N) is 1. The van der Waals surface area contributed by atoms with E-state index in [1.807, 2.05) is 0 Å². The van der Waals surface area contributed by atoms with Crippen LogP contribution in [0.1, 0.15) is 26.2 Å². The molecule has 0 aliphatic carbocycles. The summed E-state index contributed by atoms with van der Waals surface area (Å²) in [5, 5.41) is 3.50. The Morgan fingerprint density at radius 3 is 2.55 bits per heavy atom. The van der Waals surface area contributed by atoms with Gasteiger partial charge in [-0.25, -0.2) is 0 Å². The van der Waals surface area contributed by atoms with E-state index in [1.54, 1.807) is 0 Å². The summed E-state index contributed by atoms with van der Waals surface area (Å²) in [6, 6.07) is 1.57. The zero-order valence-corrected chi connectivity index (χ0v) is 7.34. The second kappa shape index (κ2) is 3.11. The van der Waals surface area contributed by atoms with Crippen molar-refractivity contribution in [1.82, 2.24) is 10.2 Å². The van der Waals surface area contributed by atoms with Crippen LogP contribution >= 0.6 is 0 Å². The summed E-state index contributed by atoms with van der Waals surface area (Å²) in [6.45, 7) is 6.23. The van der Waals surface area contributed by atoms with Gasteiger partial charge in [0.25, 0.3) is 0 Å². The van der Waals surface area contributed by atoms with Crippen molar-refractivity contribution >= 4 is 0 Å². The van der Waals surface area contributed by atoms with Gasteiger partial charge in [-0.15, -0.1) is 0 Å². The van der Waals surface area contributed by atoms with Crippen LogP contribution in [0.25, 0.3) is 0 Å². The molecule has 0 amide bonds. The average molecular weight is 154 g/mol. The Kier molecular flexibility index (Phi) is 2.14. The van der Waals surface area contributed by atoms with E-state index >= 15 is 0 Å². The highest BCUT2D eigenvalue weighted by Crippen LogP contribution is 2.19. The van der Waals surface area contributed by atoms with Gasteiger partial charge in [-0.05, 0) is 45.8 Å². The predicted molar refractivity (Wildman–Crippen MR) is 46.7 cm³/mol. The minimum atomic E-state index is 0.730. The molecular weight excluding hydrogens is 136 g/mol. The maximum atomic E-state index is 3.50. The van der Waals surface area contributed by atoms with Gasteiger partial charge >= 0.3 is 0 Å². The molecule has 1 N–H and O–H groups in total. The lowest BCUT2D eigenvalue weighted by Crippen LogP contribution is -2.40. The summed E-state index contributed by atoms with van der Waals surface area (Å²) < 4.78 is 0. The molecule has 2 aliphatic rings. The van der Waals surface area contributed by atoms with Gasteiger partial charge in [-0.3, -0.25) is 4.90 Å². The topological polar surface area (TPSA) is 15.3 Å². The SMILES string of the molecule is C[C@H]1NCC[C@@H]1N1CCCC1. The zero-order valence-electron chi connectivity index (χ0n) is 7.34. The molecule has 2 nitrogen and oxygen atoms in total. The van der Waals surface area contributed by atoms with Crippen molar-refractivity contribution in [3.8, 4) is 0 Å². The van der Waals surface area contributed by atoms with E-state index in [4.69, 9.17) is 0 Å². The minimum absolute atomic E-state index is 0.730. The van der Waals surface area contributed by atoms with E-state index in [9.17, 15) is 0 Å². The van der Waals surface area contributed by atoms with E-state index in [0.29, 0.717) is 0 Å². The Morgan fingerprint density at radius 1 is 1.27 bits per heavy atom. The third-order valence-electron chi connectivity index (χ3n) is 3.09.